The number of allylic oxidation sites excluding steroid dienone is 2. The van der Waals surface area contributed by atoms with Crippen LogP contribution in [0.25, 0.3) is 5.70 Å². The number of carboxylic acids is 1. The monoisotopic (exact) mass is 429 g/mol. The average Bonchev–Trinajstić information content (AvgIpc) is 3.57. The first-order valence-electron chi connectivity index (χ1n) is 11.7. The Bertz CT molecular complexity index is 1020. The zero-order chi connectivity index (χ0) is 23.3. The van der Waals surface area contributed by atoms with E-state index in [0.717, 1.165) is 36.8 Å². The fraction of sp³-hybridized carbons (Fsp3) is 0.345. The van der Waals surface area contributed by atoms with Crippen LogP contribution in [0.3, 0.4) is 0 Å². The molecule has 0 radical (unpaired) electrons. The van der Waals surface area contributed by atoms with Crippen LogP contribution in [-0.2, 0) is 17.6 Å². The predicted octanol–water partition coefficient (Wildman–Crippen LogP) is 6.77. The topological polar surface area (TPSA) is 49.3 Å². The summed E-state index contributed by atoms with van der Waals surface area (Å²) in [5.41, 5.74) is 7.69. The van der Waals surface area contributed by atoms with E-state index in [1.54, 1.807) is 0 Å². The van der Waals surface area contributed by atoms with E-state index in [1.807, 2.05) is 51.1 Å². The van der Waals surface area contributed by atoms with Crippen LogP contribution in [0.1, 0.15) is 57.2 Å². The summed E-state index contributed by atoms with van der Waals surface area (Å²) in [5, 5.41) is 13.6. The van der Waals surface area contributed by atoms with E-state index in [-0.39, 0.29) is 5.92 Å². The van der Waals surface area contributed by atoms with Crippen molar-refractivity contribution in [3.05, 3.63) is 100 Å². The van der Waals surface area contributed by atoms with E-state index in [9.17, 15) is 9.90 Å². The number of aliphatic carboxylic acids is 1. The number of rotatable bonds is 7. The van der Waals surface area contributed by atoms with Gasteiger partial charge in [0.25, 0.3) is 0 Å². The lowest BCUT2D eigenvalue weighted by Crippen LogP contribution is -2.21. The summed E-state index contributed by atoms with van der Waals surface area (Å²) in [4.78, 5) is 12.5. The summed E-state index contributed by atoms with van der Waals surface area (Å²) in [6, 6.07) is 18.3. The Morgan fingerprint density at radius 1 is 0.906 bits per heavy atom. The quantitative estimate of drug-likeness (QED) is 0.377. The maximum Gasteiger partial charge on any atom is 0.337 e. The normalized spacial score (nSPS) is 16.8. The minimum absolute atomic E-state index is 0.204. The van der Waals surface area contributed by atoms with Gasteiger partial charge in [0.1, 0.15) is 0 Å². The summed E-state index contributed by atoms with van der Waals surface area (Å²) >= 11 is 0. The van der Waals surface area contributed by atoms with Crippen LogP contribution in [0.2, 0.25) is 0 Å². The highest BCUT2D eigenvalue weighted by molar-refractivity contribution is 5.93. The molecule has 0 unspecified atom stereocenters. The van der Waals surface area contributed by atoms with Gasteiger partial charge in [0.15, 0.2) is 0 Å². The van der Waals surface area contributed by atoms with Gasteiger partial charge in [-0.1, -0.05) is 80.6 Å². The van der Waals surface area contributed by atoms with Gasteiger partial charge in [-0.15, -0.1) is 0 Å². The lowest BCUT2D eigenvalue weighted by Gasteiger charge is -2.23. The number of benzene rings is 2. The van der Waals surface area contributed by atoms with Crippen LogP contribution < -0.4 is 5.32 Å². The number of hydrogen-bond acceptors (Lipinski definition) is 2. The second-order valence-corrected chi connectivity index (χ2v) is 8.52. The fourth-order valence-corrected chi connectivity index (χ4v) is 4.70. The van der Waals surface area contributed by atoms with Gasteiger partial charge in [-0.25, -0.2) is 4.79 Å². The number of carboxylic acid groups (broad SMARTS) is 1. The predicted molar refractivity (Wildman–Crippen MR) is 133 cm³/mol. The Kier molecular flexibility index (Phi) is 7.74. The minimum Gasteiger partial charge on any atom is -0.478 e. The summed E-state index contributed by atoms with van der Waals surface area (Å²) in [6.07, 6.45) is 4.12. The maximum absolute atomic E-state index is 12.5. The van der Waals surface area contributed by atoms with E-state index in [4.69, 9.17) is 0 Å². The number of carbonyl (C=O) groups is 1. The summed E-state index contributed by atoms with van der Waals surface area (Å²) < 4.78 is 0. The first-order valence-corrected chi connectivity index (χ1v) is 11.7. The molecule has 4 rings (SSSR count). The third-order valence-corrected chi connectivity index (χ3v) is 6.39. The Balaban J connectivity index is 0.00000141. The second kappa shape index (κ2) is 10.5. The molecule has 1 saturated carbocycles. The van der Waals surface area contributed by atoms with Crippen LogP contribution in [0.5, 0.6) is 0 Å². The average molecular weight is 430 g/mol. The molecular formula is C29H35NO2. The molecule has 0 aliphatic heterocycles. The van der Waals surface area contributed by atoms with Gasteiger partial charge in [0.2, 0.25) is 0 Å². The molecule has 3 heteroatoms. The molecule has 0 atom stereocenters. The molecule has 2 N–H and O–H groups in total. The molecule has 1 fully saturated rings. The number of nitrogens with one attached hydrogen (secondary N) is 1. The van der Waals surface area contributed by atoms with Crippen molar-refractivity contribution in [1.82, 2.24) is 5.32 Å². The van der Waals surface area contributed by atoms with Crippen LogP contribution in [-0.4, -0.2) is 11.1 Å². The standard InChI is InChI=1S/C27H29NO2.C2H6/c1-17(20-13-14-20)25(24-15-22-11-7-8-12-23(22)16-24)26(27(29)30)19(3)28-18(2)21-9-5-4-6-10-21;1-2/h4-12,20,24,28H,2,13-16H2,1,3H3,(H,29,30);1-2H3/b25-17+,26-19-;. The highest BCUT2D eigenvalue weighted by Gasteiger charge is 2.35. The van der Waals surface area contributed by atoms with E-state index >= 15 is 0 Å². The molecule has 0 spiro atoms. The van der Waals surface area contributed by atoms with E-state index in [0.29, 0.717) is 22.9 Å². The Morgan fingerprint density at radius 2 is 1.44 bits per heavy atom. The summed E-state index contributed by atoms with van der Waals surface area (Å²) in [6.45, 7) is 12.1. The van der Waals surface area contributed by atoms with Gasteiger partial charge >= 0.3 is 5.97 Å². The molecule has 0 aromatic heterocycles. The minimum atomic E-state index is -0.869. The van der Waals surface area contributed by atoms with Crippen LogP contribution >= 0.6 is 0 Å². The van der Waals surface area contributed by atoms with Gasteiger partial charge < -0.3 is 10.4 Å². The van der Waals surface area contributed by atoms with Crippen molar-refractivity contribution in [1.29, 1.82) is 0 Å². The van der Waals surface area contributed by atoms with Crippen molar-refractivity contribution in [2.75, 3.05) is 0 Å². The first-order chi connectivity index (χ1) is 15.5. The number of fused-ring (bicyclic) bond motifs is 1. The fourth-order valence-electron chi connectivity index (χ4n) is 4.70. The Labute approximate surface area is 192 Å². The highest BCUT2D eigenvalue weighted by atomic mass is 16.4. The number of hydrogen-bond donors (Lipinski definition) is 2. The zero-order valence-electron chi connectivity index (χ0n) is 19.7. The molecule has 32 heavy (non-hydrogen) atoms. The van der Waals surface area contributed by atoms with E-state index in [1.165, 1.54) is 16.7 Å². The summed E-state index contributed by atoms with van der Waals surface area (Å²) in [5.74, 6) is -0.147. The molecule has 0 saturated heterocycles. The summed E-state index contributed by atoms with van der Waals surface area (Å²) in [7, 11) is 0. The maximum atomic E-state index is 12.5. The highest BCUT2D eigenvalue weighted by Crippen LogP contribution is 2.44. The lowest BCUT2D eigenvalue weighted by molar-refractivity contribution is -0.132. The van der Waals surface area contributed by atoms with E-state index < -0.39 is 5.97 Å². The van der Waals surface area contributed by atoms with Crippen molar-refractivity contribution in [2.24, 2.45) is 11.8 Å². The van der Waals surface area contributed by atoms with Crippen LogP contribution in [0.4, 0.5) is 0 Å². The molecule has 2 aliphatic rings. The molecule has 2 aliphatic carbocycles. The second-order valence-electron chi connectivity index (χ2n) is 8.52. The molecule has 2 aromatic rings. The van der Waals surface area contributed by atoms with Gasteiger partial charge in [-0.05, 0) is 73.6 Å². The molecular weight excluding hydrogens is 394 g/mol. The van der Waals surface area contributed by atoms with Crippen molar-refractivity contribution in [3.8, 4) is 0 Å². The molecule has 0 amide bonds. The third-order valence-electron chi connectivity index (χ3n) is 6.39. The van der Waals surface area contributed by atoms with Crippen molar-refractivity contribution >= 4 is 11.7 Å². The van der Waals surface area contributed by atoms with E-state index in [2.05, 4.69) is 43.1 Å². The molecule has 168 valence electrons. The van der Waals surface area contributed by atoms with Crippen molar-refractivity contribution in [2.45, 2.75) is 53.4 Å². The van der Waals surface area contributed by atoms with Gasteiger partial charge in [-0.2, -0.15) is 0 Å². The smallest absolute Gasteiger partial charge is 0.337 e. The van der Waals surface area contributed by atoms with Gasteiger partial charge in [0.05, 0.1) is 5.57 Å². The largest absolute Gasteiger partial charge is 0.478 e. The third kappa shape index (κ3) is 5.21. The van der Waals surface area contributed by atoms with Gasteiger partial charge in [0, 0.05) is 11.4 Å². The van der Waals surface area contributed by atoms with Crippen molar-refractivity contribution < 1.29 is 9.90 Å². The van der Waals surface area contributed by atoms with Crippen LogP contribution in [0.15, 0.2) is 83.6 Å². The SMILES string of the molecule is C=C(N/C(C)=C(C(=O)O)/C(=C(\C)C1CC1)C1Cc2ccccc2C1)c1ccccc1.CC. The van der Waals surface area contributed by atoms with Crippen LogP contribution in [0, 0.1) is 11.8 Å². The Morgan fingerprint density at radius 3 is 1.94 bits per heavy atom. The molecule has 2 aromatic carbocycles. The van der Waals surface area contributed by atoms with Crippen molar-refractivity contribution in [3.63, 3.8) is 0 Å². The zero-order valence-corrected chi connectivity index (χ0v) is 19.7. The molecule has 3 nitrogen and oxygen atoms in total. The Hall–Kier alpha value is -3.07. The lowest BCUT2D eigenvalue weighted by atomic mass is 9.84. The molecule has 0 heterocycles. The molecule has 0 bridgehead atoms. The first kappa shape index (κ1) is 23.6. The van der Waals surface area contributed by atoms with Gasteiger partial charge in [-0.3, -0.25) is 0 Å².